The molecule has 35 heteroatoms. The Morgan fingerprint density at radius 3 is 0.599 bits per heavy atom. The van der Waals surface area contributed by atoms with Crippen LogP contribution in [0.25, 0.3) is 0 Å². The van der Waals surface area contributed by atoms with E-state index in [1.807, 2.05) is 0 Å². The van der Waals surface area contributed by atoms with Crippen LogP contribution in [0.3, 0.4) is 0 Å². The van der Waals surface area contributed by atoms with Crippen molar-refractivity contribution in [1.82, 2.24) is 0 Å². The van der Waals surface area contributed by atoms with Crippen LogP contribution in [0.15, 0.2) is 334 Å². The van der Waals surface area contributed by atoms with Gasteiger partial charge in [0.2, 0.25) is 0 Å². The summed E-state index contributed by atoms with van der Waals surface area (Å²) in [6.45, 7) is 0. The van der Waals surface area contributed by atoms with Crippen LogP contribution in [0.2, 0.25) is 0 Å². The van der Waals surface area contributed by atoms with E-state index >= 15 is 0 Å². The highest BCUT2D eigenvalue weighted by Crippen LogP contribution is 2.40. The highest BCUT2D eigenvalue weighted by molar-refractivity contribution is 6.04. The van der Waals surface area contributed by atoms with Gasteiger partial charge in [0, 0.05) is 12.1 Å². The number of nitrogens with one attached hydrogen (secondary N) is 10. The summed E-state index contributed by atoms with van der Waals surface area (Å²) in [7, 11) is 2.99. The van der Waals surface area contributed by atoms with Crippen molar-refractivity contribution in [3.8, 4) is 11.5 Å². The van der Waals surface area contributed by atoms with Gasteiger partial charge in [-0.1, -0.05) is 133 Å². The van der Waals surface area contributed by atoms with Crippen molar-refractivity contribution < 1.29 is 122 Å². The lowest BCUT2D eigenvalue weighted by Crippen LogP contribution is -2.07. The largest absolute Gasteiger partial charge is 0.497 e. The van der Waals surface area contributed by atoms with Gasteiger partial charge in [-0.2, -0.15) is 0 Å². The predicted molar refractivity (Wildman–Crippen MR) is 512 cm³/mol. The normalized spacial score (nSPS) is 10.2. The van der Waals surface area contributed by atoms with E-state index in [0.29, 0.717) is 120 Å². The Morgan fingerprint density at radius 2 is 0.350 bits per heavy atom. The zero-order chi connectivity index (χ0) is 98.4. The molecule has 0 unspecified atom stereocenters. The van der Waals surface area contributed by atoms with E-state index in [9.17, 15) is 112 Å². The van der Waals surface area contributed by atoms with Gasteiger partial charge in [-0.15, -0.1) is 0 Å². The van der Waals surface area contributed by atoms with Gasteiger partial charge >= 0.3 is 59.7 Å². The first kappa shape index (κ1) is 98.0. The van der Waals surface area contributed by atoms with Crippen molar-refractivity contribution in [2.24, 2.45) is 0 Å². The van der Waals surface area contributed by atoms with E-state index in [0.717, 1.165) is 18.2 Å². The van der Waals surface area contributed by atoms with Crippen molar-refractivity contribution in [3.63, 3.8) is 0 Å². The molecule has 0 atom stereocenters. The summed E-state index contributed by atoms with van der Waals surface area (Å²) >= 11 is 0. The average Bonchev–Trinajstić information content (AvgIpc) is 0.816. The predicted octanol–water partition coefficient (Wildman–Crippen LogP) is 23.3. The topological polar surface area (TPSA) is 512 Å². The summed E-state index contributed by atoms with van der Waals surface area (Å²) in [5.74, 6) is -13.2. The summed E-state index contributed by atoms with van der Waals surface area (Å²) < 4.78 is 51.0. The zero-order valence-corrected chi connectivity index (χ0v) is 71.8. The lowest BCUT2D eigenvalue weighted by atomic mass is 10.1. The number of methoxy groups -OCH3 is 2. The van der Waals surface area contributed by atoms with Crippen LogP contribution in [-0.4, -0.2) is 125 Å². The van der Waals surface area contributed by atoms with E-state index in [1.165, 1.54) is 68.8 Å². The minimum atomic E-state index is -1.43. The molecule has 0 heterocycles. The Morgan fingerprint density at radius 1 is 0.175 bits per heavy atom. The highest BCUT2D eigenvalue weighted by atomic mass is 19.2. The standard InChI is InChI=1S/2C21H18N2O5.C20H14F2N2O4.C20H15FN2O4.C20H16N2O4/c1-28-13-10-11-18(22-16-8-4-2-6-14(16)20(24)25)19(12-13)23-17-9-5-3-7-15(17)21(26)27;1-28-13-10-11-17(15(12-13)21(26)27)23-19-9-5-4-8-18(19)22-16-7-3-2-6-14(16)20(24)25;21-13-9-12(20(27)28)18(10-14(13)22)24-17-8-4-3-7-16(17)23-15-6-2-1-5-11(15)19(25)26;21-12-9-10-14(20(26)27)18(11-12)23-17-8-4-3-7-16(17)22-15-6-2-1-5-13(15)19(24)25;23-19(24)13-7-1-3-9-15(13)21-17-11-5-6-12-18(17)22-16-10-4-2-8-14(16)20(25)26/h2*2-12,22-23H,1H3,(H,24,25)(H,26,27);1-10,23-24H,(H,25,26)(H,27,28);1-11,22-23H,(H,24,25)(H,26,27);1-12,21-22H,(H,23,24)(H,25,26). The average molecular weight is 1860 g/mol. The fourth-order valence-corrected chi connectivity index (χ4v) is 13.1. The van der Waals surface area contributed by atoms with Gasteiger partial charge in [0.25, 0.3) is 0 Å². The maximum atomic E-state index is 13.6. The van der Waals surface area contributed by atoms with Crippen LogP contribution in [0, 0.1) is 17.5 Å². The Balaban J connectivity index is 0.000000164. The number of carboxylic acids is 10. The lowest BCUT2D eigenvalue weighted by Gasteiger charge is -2.17. The molecule has 20 N–H and O–H groups in total. The summed E-state index contributed by atoms with van der Waals surface area (Å²) in [5, 5.41) is 124. The van der Waals surface area contributed by atoms with Gasteiger partial charge in [-0.3, -0.25) is 0 Å². The van der Waals surface area contributed by atoms with Crippen molar-refractivity contribution in [2.75, 3.05) is 67.4 Å². The van der Waals surface area contributed by atoms with Gasteiger partial charge in [0.1, 0.15) is 17.3 Å². The Hall–Kier alpha value is -19.6. The molecule has 15 aromatic rings. The molecule has 137 heavy (non-hydrogen) atoms. The van der Waals surface area contributed by atoms with Crippen molar-refractivity contribution in [3.05, 3.63) is 407 Å². The monoisotopic (exact) mass is 1850 g/mol. The molecule has 0 bridgehead atoms. The minimum Gasteiger partial charge on any atom is -0.497 e. The summed E-state index contributed by atoms with van der Waals surface area (Å²) in [6.07, 6.45) is 0. The van der Waals surface area contributed by atoms with Gasteiger partial charge in [0.05, 0.1) is 184 Å². The number of anilines is 20. The lowest BCUT2D eigenvalue weighted by molar-refractivity contribution is 0.0686. The third-order valence-electron chi connectivity index (χ3n) is 19.7. The minimum absolute atomic E-state index is 0.0383. The first-order chi connectivity index (χ1) is 65.9. The molecular formula is C102H81F3N10O22. The number of ether oxygens (including phenoxy) is 2. The second-order valence-corrected chi connectivity index (χ2v) is 28.6. The summed E-state index contributed by atoms with van der Waals surface area (Å²) in [4.78, 5) is 114. The van der Waals surface area contributed by atoms with Crippen molar-refractivity contribution >= 4 is 173 Å². The number of aromatic carboxylic acids is 10. The maximum Gasteiger partial charge on any atom is 0.337 e. The molecule has 0 spiro atoms. The fraction of sp³-hybridized carbons (Fsp3) is 0.0196. The smallest absolute Gasteiger partial charge is 0.337 e. The van der Waals surface area contributed by atoms with Crippen molar-refractivity contribution in [1.29, 1.82) is 0 Å². The molecule has 0 aliphatic carbocycles. The number of para-hydroxylation sites is 15. The van der Waals surface area contributed by atoms with Gasteiger partial charge in [0.15, 0.2) is 11.6 Å². The molecule has 0 radical (unpaired) electrons. The number of carboxylic acid groups (broad SMARTS) is 10. The van der Waals surface area contributed by atoms with Crippen LogP contribution < -0.4 is 62.6 Å². The first-order valence-corrected chi connectivity index (χ1v) is 40.5. The molecule has 692 valence electrons. The molecule has 0 saturated carbocycles. The summed E-state index contributed by atoms with van der Waals surface area (Å²) in [6, 6.07) is 87.6. The molecule has 15 aromatic carbocycles. The quantitative estimate of drug-likeness (QED) is 0.0186. The molecular weight excluding hydrogens is 1770 g/mol. The van der Waals surface area contributed by atoms with E-state index in [-0.39, 0.29) is 61.4 Å². The third kappa shape index (κ3) is 26.4. The highest BCUT2D eigenvalue weighted by Gasteiger charge is 2.23. The fourth-order valence-electron chi connectivity index (χ4n) is 13.1. The molecule has 15 rings (SSSR count). The van der Waals surface area contributed by atoms with Crippen LogP contribution in [0.4, 0.5) is 127 Å². The number of rotatable bonds is 32. The zero-order valence-electron chi connectivity index (χ0n) is 71.8. The van der Waals surface area contributed by atoms with Crippen molar-refractivity contribution in [2.45, 2.75) is 0 Å². The van der Waals surface area contributed by atoms with Crippen LogP contribution in [0.1, 0.15) is 104 Å². The van der Waals surface area contributed by atoms with E-state index in [2.05, 4.69) is 53.2 Å². The number of hydrogen-bond donors (Lipinski definition) is 20. The van der Waals surface area contributed by atoms with Gasteiger partial charge < -0.3 is 114 Å². The molecule has 0 aromatic heterocycles. The number of carbonyl (C=O) groups is 10. The Labute approximate surface area is 776 Å². The van der Waals surface area contributed by atoms with Crippen LogP contribution in [-0.2, 0) is 0 Å². The van der Waals surface area contributed by atoms with Crippen LogP contribution in [0.5, 0.6) is 11.5 Å². The maximum absolute atomic E-state index is 13.6. The number of hydrogen-bond acceptors (Lipinski definition) is 22. The van der Waals surface area contributed by atoms with Gasteiger partial charge in [-0.25, -0.2) is 61.1 Å². The number of halogens is 3. The molecule has 0 saturated heterocycles. The van der Waals surface area contributed by atoms with E-state index < -0.39 is 82.7 Å². The van der Waals surface area contributed by atoms with E-state index in [1.54, 1.807) is 255 Å². The third-order valence-corrected chi connectivity index (χ3v) is 19.7. The first-order valence-electron chi connectivity index (χ1n) is 40.5. The Bertz CT molecular complexity index is 6970. The SMILES string of the molecule is COc1ccc(Nc2ccccc2C(=O)O)c(Nc2ccccc2C(=O)O)c1.COc1ccc(Nc2ccccc2Nc2ccccc2C(=O)O)c(C(=O)O)c1.O=C(O)c1ccccc1Nc1ccccc1Nc1cc(F)c(F)cc1C(=O)O.O=C(O)c1ccccc1Nc1ccccc1Nc1cc(F)ccc1C(=O)O.O=C(O)c1ccccc1Nc1ccccc1Nc1ccccc1C(=O)O. The van der Waals surface area contributed by atoms with Crippen LogP contribution >= 0.6 is 0 Å². The Kier molecular flexibility index (Phi) is 33.3. The molecule has 32 nitrogen and oxygen atoms in total. The van der Waals surface area contributed by atoms with Gasteiger partial charge in [-0.05, 0) is 188 Å². The molecule has 0 fully saturated rings. The summed E-state index contributed by atoms with van der Waals surface area (Å²) in [5.41, 5.74) is 8.72. The second-order valence-electron chi connectivity index (χ2n) is 28.6. The second kappa shape index (κ2) is 46.6. The molecule has 0 aliphatic heterocycles. The van der Waals surface area contributed by atoms with E-state index in [4.69, 9.17) is 9.47 Å². The number of benzene rings is 15. The molecule has 0 aliphatic rings. The molecule has 0 amide bonds.